The fourth-order valence-corrected chi connectivity index (χ4v) is 3.59. The second kappa shape index (κ2) is 6.91. The number of likely N-dealkylation sites (N-methyl/N-ethyl adjacent to an activating group) is 1. The van der Waals surface area contributed by atoms with Crippen LogP contribution in [0.2, 0.25) is 0 Å². The zero-order valence-electron chi connectivity index (χ0n) is 12.9. The van der Waals surface area contributed by atoms with Gasteiger partial charge in [-0.25, -0.2) is 0 Å². The molecule has 1 nitrogen and oxygen atoms in total. The lowest BCUT2D eigenvalue weighted by Crippen LogP contribution is -2.37. The number of hydrogen-bond acceptors (Lipinski definition) is 1. The summed E-state index contributed by atoms with van der Waals surface area (Å²) in [5.41, 5.74) is 4.12. The van der Waals surface area contributed by atoms with Crippen LogP contribution < -0.4 is 5.32 Å². The van der Waals surface area contributed by atoms with Gasteiger partial charge in [0.05, 0.1) is 0 Å². The summed E-state index contributed by atoms with van der Waals surface area (Å²) in [5.74, 6) is 0.684. The van der Waals surface area contributed by atoms with Gasteiger partial charge in [-0.1, -0.05) is 74.4 Å². The van der Waals surface area contributed by atoms with Crippen molar-refractivity contribution in [1.29, 1.82) is 0 Å². The van der Waals surface area contributed by atoms with E-state index in [-0.39, 0.29) is 0 Å². The summed E-state index contributed by atoms with van der Waals surface area (Å²) < 4.78 is 0. The standard InChI is InChI=1S/C20H25N/c1-2-21-20-11-7-6-10-19(20)18-14-12-17(13-15-18)16-8-4-3-5-9-16/h3-5,8-9,12-15,19-21H,2,6-7,10-11H2,1H3. The molecule has 21 heavy (non-hydrogen) atoms. The molecule has 0 heterocycles. The van der Waals surface area contributed by atoms with Crippen molar-refractivity contribution in [2.45, 2.75) is 44.6 Å². The zero-order valence-corrected chi connectivity index (χ0v) is 12.9. The molecule has 1 N–H and O–H groups in total. The van der Waals surface area contributed by atoms with Crippen LogP contribution in [0, 0.1) is 0 Å². The molecule has 1 heteroatoms. The Morgan fingerprint density at radius 1 is 0.857 bits per heavy atom. The molecule has 2 aromatic carbocycles. The highest BCUT2D eigenvalue weighted by molar-refractivity contribution is 5.63. The van der Waals surface area contributed by atoms with Crippen LogP contribution in [0.1, 0.15) is 44.1 Å². The van der Waals surface area contributed by atoms with Crippen molar-refractivity contribution in [1.82, 2.24) is 5.32 Å². The lowest BCUT2D eigenvalue weighted by Gasteiger charge is -2.32. The average Bonchev–Trinajstić information content (AvgIpc) is 2.57. The molecule has 0 spiro atoms. The van der Waals surface area contributed by atoms with Gasteiger partial charge in [-0.15, -0.1) is 0 Å². The summed E-state index contributed by atoms with van der Waals surface area (Å²) >= 11 is 0. The third kappa shape index (κ3) is 3.36. The first kappa shape index (κ1) is 14.3. The molecule has 1 aliphatic rings. The maximum Gasteiger partial charge on any atom is 0.0136 e. The minimum atomic E-state index is 0.659. The van der Waals surface area contributed by atoms with E-state index in [1.807, 2.05) is 0 Å². The SMILES string of the molecule is CCNC1CCCCC1c1ccc(-c2ccccc2)cc1. The van der Waals surface area contributed by atoms with Gasteiger partial charge in [-0.05, 0) is 42.0 Å². The van der Waals surface area contributed by atoms with Gasteiger partial charge in [-0.3, -0.25) is 0 Å². The quantitative estimate of drug-likeness (QED) is 0.831. The van der Waals surface area contributed by atoms with Crippen molar-refractivity contribution in [2.24, 2.45) is 0 Å². The fourth-order valence-electron chi connectivity index (χ4n) is 3.59. The lowest BCUT2D eigenvalue weighted by atomic mass is 9.79. The topological polar surface area (TPSA) is 12.0 Å². The van der Waals surface area contributed by atoms with Crippen molar-refractivity contribution in [2.75, 3.05) is 6.54 Å². The Labute approximate surface area is 128 Å². The molecule has 1 saturated carbocycles. The molecule has 0 saturated heterocycles. The van der Waals surface area contributed by atoms with E-state index in [1.165, 1.54) is 42.4 Å². The first-order valence-electron chi connectivity index (χ1n) is 8.27. The molecule has 2 atom stereocenters. The van der Waals surface area contributed by atoms with E-state index in [0.29, 0.717) is 12.0 Å². The number of nitrogens with one attached hydrogen (secondary N) is 1. The van der Waals surface area contributed by atoms with Crippen molar-refractivity contribution in [3.8, 4) is 11.1 Å². The van der Waals surface area contributed by atoms with Gasteiger partial charge in [0.2, 0.25) is 0 Å². The molecule has 110 valence electrons. The van der Waals surface area contributed by atoms with Crippen LogP contribution >= 0.6 is 0 Å². The average molecular weight is 279 g/mol. The Bertz CT molecular complexity index is 542. The van der Waals surface area contributed by atoms with E-state index in [9.17, 15) is 0 Å². The Balaban J connectivity index is 1.79. The summed E-state index contributed by atoms with van der Waals surface area (Å²) in [5, 5.41) is 3.68. The minimum absolute atomic E-state index is 0.659. The summed E-state index contributed by atoms with van der Waals surface area (Å²) in [4.78, 5) is 0. The highest BCUT2D eigenvalue weighted by Crippen LogP contribution is 2.34. The van der Waals surface area contributed by atoms with Crippen LogP contribution in [0.5, 0.6) is 0 Å². The smallest absolute Gasteiger partial charge is 0.0136 e. The van der Waals surface area contributed by atoms with E-state index >= 15 is 0 Å². The maximum absolute atomic E-state index is 3.68. The van der Waals surface area contributed by atoms with Crippen LogP contribution in [0.4, 0.5) is 0 Å². The lowest BCUT2D eigenvalue weighted by molar-refractivity contribution is 0.332. The summed E-state index contributed by atoms with van der Waals surface area (Å²) in [6.45, 7) is 3.29. The molecular weight excluding hydrogens is 254 g/mol. The second-order valence-electron chi connectivity index (χ2n) is 6.04. The van der Waals surface area contributed by atoms with Crippen LogP contribution in [0.25, 0.3) is 11.1 Å². The van der Waals surface area contributed by atoms with E-state index in [0.717, 1.165) is 6.54 Å². The van der Waals surface area contributed by atoms with Gasteiger partial charge in [0.1, 0.15) is 0 Å². The van der Waals surface area contributed by atoms with Crippen LogP contribution in [0.3, 0.4) is 0 Å². The molecule has 0 radical (unpaired) electrons. The highest BCUT2D eigenvalue weighted by atomic mass is 14.9. The van der Waals surface area contributed by atoms with E-state index in [1.54, 1.807) is 0 Å². The largest absolute Gasteiger partial charge is 0.314 e. The molecule has 2 aromatic rings. The zero-order chi connectivity index (χ0) is 14.5. The molecule has 3 rings (SSSR count). The number of benzene rings is 2. The molecular formula is C20H25N. The Hall–Kier alpha value is -1.60. The Morgan fingerprint density at radius 2 is 1.52 bits per heavy atom. The van der Waals surface area contributed by atoms with Gasteiger partial charge < -0.3 is 5.32 Å². The van der Waals surface area contributed by atoms with Crippen LogP contribution in [-0.4, -0.2) is 12.6 Å². The van der Waals surface area contributed by atoms with E-state index in [4.69, 9.17) is 0 Å². The third-order valence-corrected chi connectivity index (χ3v) is 4.68. The second-order valence-corrected chi connectivity index (χ2v) is 6.04. The summed E-state index contributed by atoms with van der Waals surface area (Å²) in [7, 11) is 0. The van der Waals surface area contributed by atoms with Gasteiger partial charge >= 0.3 is 0 Å². The van der Waals surface area contributed by atoms with Crippen LogP contribution in [-0.2, 0) is 0 Å². The molecule has 1 fully saturated rings. The molecule has 0 bridgehead atoms. The van der Waals surface area contributed by atoms with E-state index in [2.05, 4.69) is 66.8 Å². The van der Waals surface area contributed by atoms with Crippen molar-refractivity contribution in [3.05, 3.63) is 60.2 Å². The molecule has 0 aliphatic heterocycles. The molecule has 0 amide bonds. The predicted octanol–water partition coefficient (Wildman–Crippen LogP) is 4.99. The third-order valence-electron chi connectivity index (χ3n) is 4.68. The van der Waals surface area contributed by atoms with Crippen LogP contribution in [0.15, 0.2) is 54.6 Å². The van der Waals surface area contributed by atoms with Crippen molar-refractivity contribution in [3.63, 3.8) is 0 Å². The molecule has 0 aromatic heterocycles. The minimum Gasteiger partial charge on any atom is -0.314 e. The Kier molecular flexibility index (Phi) is 4.72. The summed E-state index contributed by atoms with van der Waals surface area (Å²) in [6, 6.07) is 20.5. The van der Waals surface area contributed by atoms with Gasteiger partial charge in [0.25, 0.3) is 0 Å². The highest BCUT2D eigenvalue weighted by Gasteiger charge is 2.25. The molecule has 2 unspecified atom stereocenters. The normalized spacial score (nSPS) is 22.1. The monoisotopic (exact) mass is 279 g/mol. The Morgan fingerprint density at radius 3 is 2.24 bits per heavy atom. The maximum atomic E-state index is 3.68. The van der Waals surface area contributed by atoms with Crippen molar-refractivity contribution >= 4 is 0 Å². The predicted molar refractivity (Wildman–Crippen MR) is 90.6 cm³/mol. The number of hydrogen-bond donors (Lipinski definition) is 1. The fraction of sp³-hybridized carbons (Fsp3) is 0.400. The van der Waals surface area contributed by atoms with Crippen molar-refractivity contribution < 1.29 is 0 Å². The summed E-state index contributed by atoms with van der Waals surface area (Å²) in [6.07, 6.45) is 5.38. The van der Waals surface area contributed by atoms with Gasteiger partial charge in [0, 0.05) is 6.04 Å². The number of rotatable bonds is 4. The van der Waals surface area contributed by atoms with Gasteiger partial charge in [-0.2, -0.15) is 0 Å². The van der Waals surface area contributed by atoms with E-state index < -0.39 is 0 Å². The first-order valence-corrected chi connectivity index (χ1v) is 8.27. The van der Waals surface area contributed by atoms with Gasteiger partial charge in [0.15, 0.2) is 0 Å². The molecule has 1 aliphatic carbocycles. The first-order chi connectivity index (χ1) is 10.4.